The Morgan fingerprint density at radius 2 is 1.85 bits per heavy atom. The van der Waals surface area contributed by atoms with Gasteiger partial charge in [0, 0.05) is 25.4 Å². The maximum Gasteiger partial charge on any atom is 0.408 e. The third kappa shape index (κ3) is 9.19. The molecule has 33 heavy (non-hydrogen) atoms. The second kappa shape index (κ2) is 12.9. The van der Waals surface area contributed by atoms with Crippen LogP contribution in [0.5, 0.6) is 0 Å². The third-order valence-corrected chi connectivity index (χ3v) is 5.46. The average molecular weight is 461 g/mol. The van der Waals surface area contributed by atoms with Crippen LogP contribution in [0, 0.1) is 11.8 Å². The minimum atomic E-state index is -0.826. The van der Waals surface area contributed by atoms with E-state index in [2.05, 4.69) is 29.5 Å². The van der Waals surface area contributed by atoms with Crippen molar-refractivity contribution in [1.29, 1.82) is 0 Å². The number of pyridine rings is 1. The molecule has 9 heteroatoms. The molecule has 0 bridgehead atoms. The molecule has 0 radical (unpaired) electrons. The number of alkyl carbamates (subject to hydrolysis) is 1. The van der Waals surface area contributed by atoms with Crippen LogP contribution in [0.15, 0.2) is 24.5 Å². The molecular weight excluding hydrogens is 424 g/mol. The quantitative estimate of drug-likeness (QED) is 0.554. The fourth-order valence-corrected chi connectivity index (χ4v) is 3.55. The predicted molar refractivity (Wildman–Crippen MR) is 123 cm³/mol. The number of ketones is 1. The second-order valence-corrected chi connectivity index (χ2v) is 9.32. The molecule has 2 N–H and O–H groups in total. The Balaban J connectivity index is 1.87. The maximum atomic E-state index is 12.9. The zero-order chi connectivity index (χ0) is 24.4. The first-order valence-corrected chi connectivity index (χ1v) is 11.6. The summed E-state index contributed by atoms with van der Waals surface area (Å²) in [6.07, 6.45) is 4.46. The second-order valence-electron chi connectivity index (χ2n) is 9.32. The normalized spacial score (nSPS) is 17.1. The van der Waals surface area contributed by atoms with Crippen LogP contribution in [0.4, 0.5) is 4.79 Å². The molecule has 0 spiro atoms. The molecule has 1 aliphatic heterocycles. The maximum absolute atomic E-state index is 12.9. The SMILES string of the molecule is CC(C)CCC(=O)N1CCC(NC(=O)[C@H](CC(C)C)NC(=O)OCc2ccncc2)C(=O)C1. The topological polar surface area (TPSA) is 118 Å². The van der Waals surface area contributed by atoms with Crippen LogP contribution in [-0.2, 0) is 25.7 Å². The highest BCUT2D eigenvalue weighted by molar-refractivity contribution is 5.95. The van der Waals surface area contributed by atoms with E-state index >= 15 is 0 Å². The van der Waals surface area contributed by atoms with Gasteiger partial charge in [0.25, 0.3) is 0 Å². The Labute approximate surface area is 195 Å². The molecule has 1 saturated heterocycles. The van der Waals surface area contributed by atoms with Gasteiger partial charge in [0.1, 0.15) is 12.6 Å². The molecule has 1 aliphatic rings. The minimum absolute atomic E-state index is 0.00186. The van der Waals surface area contributed by atoms with Crippen molar-refractivity contribution in [3.05, 3.63) is 30.1 Å². The molecule has 0 saturated carbocycles. The van der Waals surface area contributed by atoms with Crippen molar-refractivity contribution in [3.8, 4) is 0 Å². The highest BCUT2D eigenvalue weighted by Crippen LogP contribution is 2.13. The first-order chi connectivity index (χ1) is 15.7. The van der Waals surface area contributed by atoms with E-state index in [-0.39, 0.29) is 30.8 Å². The molecule has 2 heterocycles. The molecule has 3 amide bonds. The van der Waals surface area contributed by atoms with Crippen molar-refractivity contribution in [3.63, 3.8) is 0 Å². The lowest BCUT2D eigenvalue weighted by molar-refractivity contribution is -0.140. The van der Waals surface area contributed by atoms with Crippen molar-refractivity contribution in [1.82, 2.24) is 20.5 Å². The summed E-state index contributed by atoms with van der Waals surface area (Å²) in [5, 5.41) is 5.37. The molecule has 182 valence electrons. The number of nitrogens with zero attached hydrogens (tertiary/aromatic N) is 2. The number of hydrogen-bond acceptors (Lipinski definition) is 6. The number of amides is 3. The number of ether oxygens (including phenoxy) is 1. The largest absolute Gasteiger partial charge is 0.445 e. The number of carbonyl (C=O) groups excluding carboxylic acids is 4. The van der Waals surface area contributed by atoms with E-state index < -0.39 is 24.1 Å². The predicted octanol–water partition coefficient (Wildman–Crippen LogP) is 2.44. The number of Topliss-reactive ketones (excluding diaryl/α,β-unsaturated/α-hetero) is 1. The van der Waals surface area contributed by atoms with Gasteiger partial charge in [0.05, 0.1) is 12.6 Å². The van der Waals surface area contributed by atoms with Gasteiger partial charge in [0.15, 0.2) is 5.78 Å². The van der Waals surface area contributed by atoms with Gasteiger partial charge in [-0.25, -0.2) is 4.79 Å². The van der Waals surface area contributed by atoms with Gasteiger partial charge in [-0.05, 0) is 48.8 Å². The summed E-state index contributed by atoms with van der Waals surface area (Å²) in [4.78, 5) is 55.5. The fourth-order valence-electron chi connectivity index (χ4n) is 3.55. The lowest BCUT2D eigenvalue weighted by Crippen LogP contribution is -2.57. The standard InChI is InChI=1S/C24H36N4O5/c1-16(2)5-6-22(30)28-12-9-19(21(29)14-28)26-23(31)20(13-17(3)4)27-24(32)33-15-18-7-10-25-11-8-18/h7-8,10-11,16-17,19-20H,5-6,9,12-15H2,1-4H3,(H,26,31)(H,27,32)/t19?,20-/m0/s1. The Morgan fingerprint density at radius 3 is 2.45 bits per heavy atom. The zero-order valence-corrected chi connectivity index (χ0v) is 20.0. The van der Waals surface area contributed by atoms with E-state index in [1.165, 1.54) is 0 Å². The van der Waals surface area contributed by atoms with Gasteiger partial charge in [-0.2, -0.15) is 0 Å². The number of likely N-dealkylation sites (tertiary alicyclic amines) is 1. The zero-order valence-electron chi connectivity index (χ0n) is 20.0. The fraction of sp³-hybridized carbons (Fsp3) is 0.625. The molecule has 9 nitrogen and oxygen atoms in total. The van der Waals surface area contributed by atoms with Crippen molar-refractivity contribution in [2.24, 2.45) is 11.8 Å². The first-order valence-electron chi connectivity index (χ1n) is 11.6. The van der Waals surface area contributed by atoms with Crippen LogP contribution < -0.4 is 10.6 Å². The number of nitrogens with one attached hydrogen (secondary N) is 2. The highest BCUT2D eigenvalue weighted by atomic mass is 16.5. The van der Waals surface area contributed by atoms with Crippen LogP contribution in [0.3, 0.4) is 0 Å². The third-order valence-electron chi connectivity index (χ3n) is 5.46. The summed E-state index contributed by atoms with van der Waals surface area (Å²) in [6.45, 7) is 8.47. The van der Waals surface area contributed by atoms with E-state index in [0.717, 1.165) is 12.0 Å². The van der Waals surface area contributed by atoms with Gasteiger partial charge in [-0.15, -0.1) is 0 Å². The Morgan fingerprint density at radius 1 is 1.15 bits per heavy atom. The van der Waals surface area contributed by atoms with Gasteiger partial charge in [-0.1, -0.05) is 27.7 Å². The summed E-state index contributed by atoms with van der Waals surface area (Å²) in [5.41, 5.74) is 0.783. The molecule has 1 unspecified atom stereocenters. The summed E-state index contributed by atoms with van der Waals surface area (Å²) in [6, 6.07) is 1.97. The molecule has 2 rings (SSSR count). The van der Waals surface area contributed by atoms with Gasteiger partial charge >= 0.3 is 6.09 Å². The summed E-state index contributed by atoms with van der Waals surface area (Å²) in [5.74, 6) is -0.0997. The summed E-state index contributed by atoms with van der Waals surface area (Å²) >= 11 is 0. The molecular formula is C24H36N4O5. The summed E-state index contributed by atoms with van der Waals surface area (Å²) < 4.78 is 5.21. The van der Waals surface area contributed by atoms with Crippen LogP contribution in [0.1, 0.15) is 58.9 Å². The van der Waals surface area contributed by atoms with Crippen LogP contribution >= 0.6 is 0 Å². The van der Waals surface area contributed by atoms with Crippen molar-refractivity contribution in [2.75, 3.05) is 13.1 Å². The Hall–Kier alpha value is -2.97. The molecule has 1 aromatic rings. The van der Waals surface area contributed by atoms with E-state index in [1.807, 2.05) is 13.8 Å². The Kier molecular flexibility index (Phi) is 10.3. The summed E-state index contributed by atoms with van der Waals surface area (Å²) in [7, 11) is 0. The molecule has 1 aromatic heterocycles. The number of hydrogen-bond donors (Lipinski definition) is 2. The van der Waals surface area contributed by atoms with E-state index in [1.54, 1.807) is 29.4 Å². The van der Waals surface area contributed by atoms with Crippen LogP contribution in [0.2, 0.25) is 0 Å². The van der Waals surface area contributed by atoms with Crippen molar-refractivity contribution >= 4 is 23.7 Å². The first kappa shape index (κ1) is 26.3. The van der Waals surface area contributed by atoms with Gasteiger partial charge < -0.3 is 20.3 Å². The van der Waals surface area contributed by atoms with Crippen LogP contribution in [-0.4, -0.2) is 58.7 Å². The molecule has 1 fully saturated rings. The smallest absolute Gasteiger partial charge is 0.408 e. The van der Waals surface area contributed by atoms with E-state index in [0.29, 0.717) is 31.7 Å². The number of piperidine rings is 1. The minimum Gasteiger partial charge on any atom is -0.445 e. The van der Waals surface area contributed by atoms with Crippen molar-refractivity contribution < 1.29 is 23.9 Å². The molecule has 2 atom stereocenters. The van der Waals surface area contributed by atoms with E-state index in [9.17, 15) is 19.2 Å². The lowest BCUT2D eigenvalue weighted by atomic mass is 9.99. The number of aromatic nitrogens is 1. The molecule has 0 aliphatic carbocycles. The number of rotatable bonds is 10. The molecule has 0 aromatic carbocycles. The van der Waals surface area contributed by atoms with Gasteiger partial charge in [-0.3, -0.25) is 19.4 Å². The lowest BCUT2D eigenvalue weighted by Gasteiger charge is -2.32. The van der Waals surface area contributed by atoms with E-state index in [4.69, 9.17) is 4.74 Å². The Bertz CT molecular complexity index is 812. The van der Waals surface area contributed by atoms with Crippen LogP contribution in [0.25, 0.3) is 0 Å². The monoisotopic (exact) mass is 460 g/mol. The highest BCUT2D eigenvalue weighted by Gasteiger charge is 2.32. The van der Waals surface area contributed by atoms with Gasteiger partial charge in [0.2, 0.25) is 11.8 Å². The van der Waals surface area contributed by atoms with Crippen molar-refractivity contribution in [2.45, 2.75) is 72.1 Å². The number of carbonyl (C=O) groups is 4. The average Bonchev–Trinajstić information content (AvgIpc) is 2.77.